The van der Waals surface area contributed by atoms with Crippen molar-refractivity contribution in [2.24, 2.45) is 7.05 Å². The van der Waals surface area contributed by atoms with Gasteiger partial charge in [0.2, 0.25) is 0 Å². The zero-order chi connectivity index (χ0) is 12.1. The van der Waals surface area contributed by atoms with Crippen molar-refractivity contribution in [2.45, 2.75) is 39.2 Å². The first-order chi connectivity index (χ1) is 7.56. The molecule has 1 aromatic rings. The van der Waals surface area contributed by atoms with Crippen LogP contribution in [0.5, 0.6) is 0 Å². The van der Waals surface area contributed by atoms with E-state index in [0.29, 0.717) is 10.5 Å². The second kappa shape index (κ2) is 6.03. The molecule has 1 unspecified atom stereocenters. The third-order valence-electron chi connectivity index (χ3n) is 2.47. The zero-order valence-electron chi connectivity index (χ0n) is 9.96. The van der Waals surface area contributed by atoms with E-state index in [2.05, 4.69) is 40.2 Å². The Bertz CT molecular complexity index is 403. The van der Waals surface area contributed by atoms with Crippen molar-refractivity contribution in [3.8, 4) is 0 Å². The van der Waals surface area contributed by atoms with Crippen LogP contribution in [0.3, 0.4) is 0 Å². The predicted octanol–water partition coefficient (Wildman–Crippen LogP) is 2.53. The van der Waals surface area contributed by atoms with Crippen LogP contribution in [0.15, 0.2) is 15.5 Å². The summed E-state index contributed by atoms with van der Waals surface area (Å²) >= 11 is 3.29. The highest BCUT2D eigenvalue weighted by atomic mass is 79.9. The average Bonchev–Trinajstić information content (AvgIpc) is 2.27. The monoisotopic (exact) mass is 287 g/mol. The molecule has 0 amide bonds. The minimum absolute atomic E-state index is 0.118. The molecule has 0 bridgehead atoms. The number of anilines is 1. The third-order valence-corrected chi connectivity index (χ3v) is 3.24. The second-order valence-electron chi connectivity index (χ2n) is 3.99. The first-order valence-electron chi connectivity index (χ1n) is 5.54. The summed E-state index contributed by atoms with van der Waals surface area (Å²) in [5, 5.41) is 7.27. The van der Waals surface area contributed by atoms with Gasteiger partial charge in [-0.25, -0.2) is 4.68 Å². The Morgan fingerprint density at radius 2 is 2.31 bits per heavy atom. The van der Waals surface area contributed by atoms with Crippen molar-refractivity contribution in [1.82, 2.24) is 9.78 Å². The molecule has 0 aromatic carbocycles. The minimum Gasteiger partial charge on any atom is -0.380 e. The van der Waals surface area contributed by atoms with Gasteiger partial charge in [0.25, 0.3) is 5.56 Å². The summed E-state index contributed by atoms with van der Waals surface area (Å²) in [5.41, 5.74) is 0.652. The van der Waals surface area contributed by atoms with Gasteiger partial charge in [0.15, 0.2) is 0 Å². The van der Waals surface area contributed by atoms with Gasteiger partial charge in [-0.05, 0) is 29.3 Å². The molecule has 0 aliphatic rings. The Morgan fingerprint density at radius 3 is 2.94 bits per heavy atom. The topological polar surface area (TPSA) is 46.9 Å². The normalized spacial score (nSPS) is 12.5. The Labute approximate surface area is 104 Å². The Hall–Kier alpha value is -0.840. The van der Waals surface area contributed by atoms with E-state index in [1.807, 2.05) is 0 Å². The molecule has 0 saturated heterocycles. The molecule has 90 valence electrons. The van der Waals surface area contributed by atoms with Gasteiger partial charge in [-0.1, -0.05) is 19.8 Å². The van der Waals surface area contributed by atoms with Crippen LogP contribution in [0.4, 0.5) is 5.69 Å². The fourth-order valence-corrected chi connectivity index (χ4v) is 1.93. The van der Waals surface area contributed by atoms with Gasteiger partial charge in [-0.15, -0.1) is 0 Å². The maximum Gasteiger partial charge on any atom is 0.282 e. The van der Waals surface area contributed by atoms with E-state index in [9.17, 15) is 4.79 Å². The van der Waals surface area contributed by atoms with Gasteiger partial charge >= 0.3 is 0 Å². The molecule has 5 heteroatoms. The van der Waals surface area contributed by atoms with Gasteiger partial charge < -0.3 is 5.32 Å². The first kappa shape index (κ1) is 13.2. The standard InChI is InChI=1S/C11H18BrN3O/c1-4-5-6-8(2)14-9-7-13-15(3)11(16)10(9)12/h7-8,14H,4-6H2,1-3H3. The quantitative estimate of drug-likeness (QED) is 0.905. The Balaban J connectivity index is 2.74. The van der Waals surface area contributed by atoms with Crippen molar-refractivity contribution >= 4 is 21.6 Å². The van der Waals surface area contributed by atoms with Gasteiger partial charge in [-0.2, -0.15) is 5.10 Å². The summed E-state index contributed by atoms with van der Waals surface area (Å²) in [4.78, 5) is 11.6. The fourth-order valence-electron chi connectivity index (χ4n) is 1.46. The van der Waals surface area contributed by atoms with Crippen LogP contribution in [0.1, 0.15) is 33.1 Å². The molecule has 0 radical (unpaired) electrons. The number of aromatic nitrogens is 2. The molecule has 1 rings (SSSR count). The molecule has 4 nitrogen and oxygen atoms in total. The number of aryl methyl sites for hydroxylation is 1. The molecule has 1 heterocycles. The first-order valence-corrected chi connectivity index (χ1v) is 6.34. The van der Waals surface area contributed by atoms with Crippen LogP contribution in [0.25, 0.3) is 0 Å². The van der Waals surface area contributed by atoms with Gasteiger partial charge in [0.05, 0.1) is 11.9 Å². The van der Waals surface area contributed by atoms with Crippen molar-refractivity contribution < 1.29 is 0 Å². The Kier molecular flexibility index (Phi) is 4.99. The zero-order valence-corrected chi connectivity index (χ0v) is 11.5. The smallest absolute Gasteiger partial charge is 0.282 e. The molecule has 0 saturated carbocycles. The van der Waals surface area contributed by atoms with Crippen LogP contribution in [0.2, 0.25) is 0 Å². The highest BCUT2D eigenvalue weighted by Gasteiger charge is 2.09. The minimum atomic E-state index is -0.118. The van der Waals surface area contributed by atoms with Crippen LogP contribution in [-0.4, -0.2) is 15.8 Å². The highest BCUT2D eigenvalue weighted by Crippen LogP contribution is 2.18. The van der Waals surface area contributed by atoms with Gasteiger partial charge in [-0.3, -0.25) is 4.79 Å². The lowest BCUT2D eigenvalue weighted by atomic mass is 10.1. The van der Waals surface area contributed by atoms with Crippen molar-refractivity contribution in [2.75, 3.05) is 5.32 Å². The van der Waals surface area contributed by atoms with Gasteiger partial charge in [0, 0.05) is 13.1 Å². The molecule has 1 N–H and O–H groups in total. The summed E-state index contributed by atoms with van der Waals surface area (Å²) in [6.07, 6.45) is 5.14. The molecule has 0 aliphatic heterocycles. The number of nitrogens with zero attached hydrogens (tertiary/aromatic N) is 2. The van der Waals surface area contributed by atoms with Crippen LogP contribution in [0, 0.1) is 0 Å². The summed E-state index contributed by atoms with van der Waals surface area (Å²) < 4.78 is 1.86. The van der Waals surface area contributed by atoms with Crippen LogP contribution in [-0.2, 0) is 7.05 Å². The lowest BCUT2D eigenvalue weighted by molar-refractivity contribution is 0.641. The van der Waals surface area contributed by atoms with Crippen molar-refractivity contribution in [3.05, 3.63) is 21.0 Å². The number of nitrogens with one attached hydrogen (secondary N) is 1. The molecule has 0 fully saturated rings. The third kappa shape index (κ3) is 3.33. The van der Waals surface area contributed by atoms with E-state index in [-0.39, 0.29) is 5.56 Å². The number of rotatable bonds is 5. The van der Waals surface area contributed by atoms with Crippen molar-refractivity contribution in [1.29, 1.82) is 0 Å². The van der Waals surface area contributed by atoms with E-state index in [4.69, 9.17) is 0 Å². The second-order valence-corrected chi connectivity index (χ2v) is 4.78. The van der Waals surface area contributed by atoms with E-state index in [1.165, 1.54) is 17.5 Å². The molecule has 0 spiro atoms. The van der Waals surface area contributed by atoms with E-state index in [1.54, 1.807) is 13.2 Å². The highest BCUT2D eigenvalue weighted by molar-refractivity contribution is 9.10. The molecule has 1 aromatic heterocycles. The number of halogens is 1. The molecule has 1 atom stereocenters. The number of hydrogen-bond acceptors (Lipinski definition) is 3. The fraction of sp³-hybridized carbons (Fsp3) is 0.636. The van der Waals surface area contributed by atoms with E-state index in [0.717, 1.165) is 12.1 Å². The SMILES string of the molecule is CCCCC(C)Nc1cnn(C)c(=O)c1Br. The average molecular weight is 288 g/mol. The summed E-state index contributed by atoms with van der Waals surface area (Å²) in [7, 11) is 1.64. The largest absolute Gasteiger partial charge is 0.380 e. The summed E-state index contributed by atoms with van der Waals surface area (Å²) in [5.74, 6) is 0. The number of hydrogen-bond donors (Lipinski definition) is 1. The van der Waals surface area contributed by atoms with Crippen LogP contribution < -0.4 is 10.9 Å². The predicted molar refractivity (Wildman–Crippen MR) is 69.8 cm³/mol. The van der Waals surface area contributed by atoms with E-state index < -0.39 is 0 Å². The maximum absolute atomic E-state index is 11.6. The van der Waals surface area contributed by atoms with Crippen LogP contribution >= 0.6 is 15.9 Å². The lowest BCUT2D eigenvalue weighted by Gasteiger charge is -2.15. The maximum atomic E-state index is 11.6. The molecular weight excluding hydrogens is 270 g/mol. The van der Waals surface area contributed by atoms with E-state index >= 15 is 0 Å². The summed E-state index contributed by atoms with van der Waals surface area (Å²) in [6.45, 7) is 4.28. The molecule has 16 heavy (non-hydrogen) atoms. The Morgan fingerprint density at radius 1 is 1.62 bits per heavy atom. The summed E-state index contributed by atoms with van der Waals surface area (Å²) in [6, 6.07) is 0.352. The number of unbranched alkanes of at least 4 members (excludes halogenated alkanes) is 1. The van der Waals surface area contributed by atoms with Gasteiger partial charge in [0.1, 0.15) is 4.47 Å². The van der Waals surface area contributed by atoms with Crippen molar-refractivity contribution in [3.63, 3.8) is 0 Å². The molecule has 0 aliphatic carbocycles. The lowest BCUT2D eigenvalue weighted by Crippen LogP contribution is -2.23. The molecular formula is C11H18BrN3O.